The van der Waals surface area contributed by atoms with E-state index in [0.29, 0.717) is 29.4 Å². The molecule has 2 heterocycles. The Morgan fingerprint density at radius 1 is 1.62 bits per heavy atom. The van der Waals surface area contributed by atoms with E-state index in [1.807, 2.05) is 0 Å². The average Bonchev–Trinajstić information content (AvgIpc) is 2.83. The van der Waals surface area contributed by atoms with Gasteiger partial charge < -0.3 is 15.3 Å². The summed E-state index contributed by atoms with van der Waals surface area (Å²) in [7, 11) is 0. The highest BCUT2D eigenvalue weighted by atomic mass is 32.1. The van der Waals surface area contributed by atoms with Gasteiger partial charge in [-0.25, -0.2) is 9.78 Å². The van der Waals surface area contributed by atoms with E-state index >= 15 is 0 Å². The van der Waals surface area contributed by atoms with Gasteiger partial charge in [0.05, 0.1) is 12.0 Å². The molecule has 0 radical (unpaired) electrons. The number of rotatable bonds is 4. The molecule has 0 atom stereocenters. The Balaban J connectivity index is 2.42. The number of nitrogens with two attached hydrogens (primary N) is 1. The number of hydrogen-bond acceptors (Lipinski definition) is 5. The lowest BCUT2D eigenvalue weighted by molar-refractivity contribution is 0.0701. The number of thiazole rings is 1. The molecule has 0 saturated carbocycles. The lowest BCUT2D eigenvalue weighted by Gasteiger charge is -1.93. The molecule has 0 aliphatic rings. The van der Waals surface area contributed by atoms with Gasteiger partial charge in [0.25, 0.3) is 0 Å². The predicted octanol–water partition coefficient (Wildman–Crippen LogP) is 1.60. The fourth-order valence-corrected chi connectivity index (χ4v) is 2.25. The molecule has 0 aliphatic carbocycles. The maximum atomic E-state index is 11.0. The van der Waals surface area contributed by atoms with Crippen molar-refractivity contribution in [3.05, 3.63) is 29.0 Å². The Morgan fingerprint density at radius 2 is 2.44 bits per heavy atom. The number of hydrogen-bond donors (Lipinski definition) is 2. The summed E-state index contributed by atoms with van der Waals surface area (Å²) in [6.07, 6.45) is 1.98. The monoisotopic (exact) mass is 238 g/mol. The lowest BCUT2D eigenvalue weighted by Crippen LogP contribution is -2.07. The van der Waals surface area contributed by atoms with Crippen LogP contribution in [0, 0.1) is 0 Å². The topological polar surface area (TPSA) is 89.4 Å². The smallest absolute Gasteiger partial charge is 0.347 e. The third-order valence-corrected chi connectivity index (χ3v) is 3.10. The van der Waals surface area contributed by atoms with Crippen LogP contribution in [0.1, 0.15) is 15.4 Å². The van der Waals surface area contributed by atoms with Crippen LogP contribution in [0.4, 0.5) is 0 Å². The SMILES string of the molecule is NCCc1nc(-c2ccco2)sc1C(=O)O. The van der Waals surface area contributed by atoms with E-state index in [4.69, 9.17) is 15.3 Å². The molecule has 2 rings (SSSR count). The van der Waals surface area contributed by atoms with Gasteiger partial charge in [-0.15, -0.1) is 11.3 Å². The van der Waals surface area contributed by atoms with Gasteiger partial charge in [-0.2, -0.15) is 0 Å². The van der Waals surface area contributed by atoms with Crippen LogP contribution in [0.15, 0.2) is 22.8 Å². The minimum atomic E-state index is -0.973. The van der Waals surface area contributed by atoms with Gasteiger partial charge in [-0.05, 0) is 18.7 Å². The molecule has 6 heteroatoms. The van der Waals surface area contributed by atoms with Crippen molar-refractivity contribution in [1.29, 1.82) is 0 Å². The molecule has 0 unspecified atom stereocenters. The average molecular weight is 238 g/mol. The molecule has 84 valence electrons. The molecule has 2 aromatic rings. The Morgan fingerprint density at radius 3 is 3.00 bits per heavy atom. The van der Waals surface area contributed by atoms with E-state index in [-0.39, 0.29) is 4.88 Å². The molecule has 2 aromatic heterocycles. The van der Waals surface area contributed by atoms with Crippen molar-refractivity contribution >= 4 is 17.3 Å². The highest BCUT2D eigenvalue weighted by molar-refractivity contribution is 7.16. The first-order valence-corrected chi connectivity index (χ1v) is 5.51. The number of carbonyl (C=O) groups is 1. The normalized spacial score (nSPS) is 10.6. The molecule has 0 spiro atoms. The van der Waals surface area contributed by atoms with Gasteiger partial charge in [0.1, 0.15) is 4.88 Å². The fraction of sp³-hybridized carbons (Fsp3) is 0.200. The lowest BCUT2D eigenvalue weighted by atomic mass is 10.3. The maximum Gasteiger partial charge on any atom is 0.347 e. The Bertz CT molecular complexity index is 490. The molecule has 0 aromatic carbocycles. The van der Waals surface area contributed by atoms with Crippen molar-refractivity contribution in [1.82, 2.24) is 4.98 Å². The molecule has 0 saturated heterocycles. The van der Waals surface area contributed by atoms with E-state index in [0.717, 1.165) is 11.3 Å². The van der Waals surface area contributed by atoms with E-state index in [2.05, 4.69) is 4.98 Å². The number of aromatic carboxylic acids is 1. The van der Waals surface area contributed by atoms with Crippen LogP contribution in [0.2, 0.25) is 0 Å². The van der Waals surface area contributed by atoms with Gasteiger partial charge >= 0.3 is 5.97 Å². The molecule has 5 nitrogen and oxygen atoms in total. The van der Waals surface area contributed by atoms with Crippen LogP contribution in [0.5, 0.6) is 0 Å². The van der Waals surface area contributed by atoms with Crippen LogP contribution >= 0.6 is 11.3 Å². The molecular formula is C10H10N2O3S. The largest absolute Gasteiger partial charge is 0.477 e. The number of carboxylic acids is 1. The van der Waals surface area contributed by atoms with E-state index in [1.54, 1.807) is 12.1 Å². The number of furan rings is 1. The third kappa shape index (κ3) is 1.98. The summed E-state index contributed by atoms with van der Waals surface area (Å²) in [6, 6.07) is 3.48. The van der Waals surface area contributed by atoms with Gasteiger partial charge in [-0.3, -0.25) is 0 Å². The van der Waals surface area contributed by atoms with Crippen molar-refractivity contribution in [2.45, 2.75) is 6.42 Å². The van der Waals surface area contributed by atoms with Crippen LogP contribution in [-0.2, 0) is 6.42 Å². The highest BCUT2D eigenvalue weighted by Crippen LogP contribution is 2.28. The number of carboxylic acid groups (broad SMARTS) is 1. The minimum absolute atomic E-state index is 0.233. The third-order valence-electron chi connectivity index (χ3n) is 2.00. The maximum absolute atomic E-state index is 11.0. The summed E-state index contributed by atoms with van der Waals surface area (Å²) in [6.45, 7) is 0.377. The van der Waals surface area contributed by atoms with E-state index in [1.165, 1.54) is 6.26 Å². The molecule has 3 N–H and O–H groups in total. The van der Waals surface area contributed by atoms with Crippen molar-refractivity contribution in [2.24, 2.45) is 5.73 Å². The van der Waals surface area contributed by atoms with Gasteiger partial charge in [0.15, 0.2) is 10.8 Å². The molecule has 0 fully saturated rings. The summed E-state index contributed by atoms with van der Waals surface area (Å²) in [5, 5.41) is 9.58. The summed E-state index contributed by atoms with van der Waals surface area (Å²) < 4.78 is 5.17. The molecule has 0 amide bonds. The zero-order chi connectivity index (χ0) is 11.5. The summed E-state index contributed by atoms with van der Waals surface area (Å²) in [5.41, 5.74) is 5.93. The number of aromatic nitrogens is 1. The minimum Gasteiger partial charge on any atom is -0.477 e. The first-order valence-electron chi connectivity index (χ1n) is 4.69. The fourth-order valence-electron chi connectivity index (χ4n) is 1.33. The van der Waals surface area contributed by atoms with Crippen molar-refractivity contribution in [2.75, 3.05) is 6.54 Å². The summed E-state index contributed by atoms with van der Waals surface area (Å²) in [5.74, 6) is -0.394. The van der Waals surface area contributed by atoms with E-state index < -0.39 is 5.97 Å². The molecular weight excluding hydrogens is 228 g/mol. The van der Waals surface area contributed by atoms with Gasteiger partial charge in [0.2, 0.25) is 0 Å². The summed E-state index contributed by atoms with van der Waals surface area (Å²) >= 11 is 1.11. The van der Waals surface area contributed by atoms with Crippen molar-refractivity contribution in [3.8, 4) is 10.8 Å². The Hall–Kier alpha value is -1.66. The highest BCUT2D eigenvalue weighted by Gasteiger charge is 2.18. The first kappa shape index (κ1) is 10.8. The second kappa shape index (κ2) is 4.46. The summed E-state index contributed by atoms with van der Waals surface area (Å²) in [4.78, 5) is 15.4. The quantitative estimate of drug-likeness (QED) is 0.844. The van der Waals surface area contributed by atoms with Crippen LogP contribution in [-0.4, -0.2) is 22.6 Å². The zero-order valence-electron chi connectivity index (χ0n) is 8.34. The van der Waals surface area contributed by atoms with Gasteiger partial charge in [-0.1, -0.05) is 0 Å². The Labute approximate surface area is 95.5 Å². The second-order valence-electron chi connectivity index (χ2n) is 3.12. The standard InChI is InChI=1S/C10H10N2O3S/c11-4-3-6-8(10(13)14)16-9(12-6)7-2-1-5-15-7/h1-2,5H,3-4,11H2,(H,13,14). The predicted molar refractivity (Wildman–Crippen MR) is 59.5 cm³/mol. The van der Waals surface area contributed by atoms with Gasteiger partial charge in [0, 0.05) is 6.42 Å². The van der Waals surface area contributed by atoms with Crippen LogP contribution < -0.4 is 5.73 Å². The molecule has 0 aliphatic heterocycles. The van der Waals surface area contributed by atoms with Crippen LogP contribution in [0.3, 0.4) is 0 Å². The molecule has 16 heavy (non-hydrogen) atoms. The molecule has 0 bridgehead atoms. The Kier molecular flexibility index (Phi) is 3.02. The van der Waals surface area contributed by atoms with Crippen molar-refractivity contribution in [3.63, 3.8) is 0 Å². The number of nitrogens with zero attached hydrogens (tertiary/aromatic N) is 1. The van der Waals surface area contributed by atoms with Crippen molar-refractivity contribution < 1.29 is 14.3 Å². The first-order chi connectivity index (χ1) is 7.72. The van der Waals surface area contributed by atoms with E-state index in [9.17, 15) is 4.79 Å². The zero-order valence-corrected chi connectivity index (χ0v) is 9.16. The second-order valence-corrected chi connectivity index (χ2v) is 4.12. The van der Waals surface area contributed by atoms with Crippen LogP contribution in [0.25, 0.3) is 10.8 Å².